The van der Waals surface area contributed by atoms with E-state index in [1.54, 1.807) is 18.1 Å². The molecule has 1 aliphatic rings. The minimum Gasteiger partial charge on any atom is -0.167 e. The van der Waals surface area contributed by atoms with E-state index in [4.69, 9.17) is 11.1 Å². The number of halogens is 1. The van der Waals surface area contributed by atoms with E-state index in [1.165, 1.54) is 43.8 Å². The minimum absolute atomic E-state index is 0.0448. The predicted octanol–water partition coefficient (Wildman–Crippen LogP) is 5.28. The molecule has 0 amide bonds. The zero-order chi connectivity index (χ0) is 11.1. The van der Waals surface area contributed by atoms with Gasteiger partial charge >= 0.3 is 0 Å². The Hall–Kier alpha value is 0.724. The van der Waals surface area contributed by atoms with Gasteiger partial charge in [0.05, 0.1) is 0 Å². The Morgan fingerprint density at radius 3 is 2.20 bits per heavy atom. The minimum atomic E-state index is -1.24. The van der Waals surface area contributed by atoms with Crippen LogP contribution < -0.4 is 0 Å². The lowest BCUT2D eigenvalue weighted by Gasteiger charge is -2.32. The molecule has 0 spiro atoms. The van der Waals surface area contributed by atoms with Crippen molar-refractivity contribution < 1.29 is 0 Å². The van der Waals surface area contributed by atoms with Crippen LogP contribution in [-0.4, -0.2) is 16.2 Å². The van der Waals surface area contributed by atoms with E-state index < -0.39 is 7.38 Å². The van der Waals surface area contributed by atoms with Crippen molar-refractivity contribution in [1.82, 2.24) is 0 Å². The van der Waals surface area contributed by atoms with Crippen LogP contribution in [0.2, 0.25) is 36.3 Å². The Morgan fingerprint density at radius 1 is 1.07 bits per heavy atom. The number of rotatable bonds is 6. The van der Waals surface area contributed by atoms with Gasteiger partial charge in [-0.05, 0) is 18.1 Å². The Balaban J connectivity index is 2.21. The number of hydrogen-bond donors (Lipinski definition) is 0. The van der Waals surface area contributed by atoms with Crippen LogP contribution in [0.5, 0.6) is 0 Å². The maximum Gasteiger partial charge on any atom is 0.155 e. The lowest BCUT2D eigenvalue weighted by molar-refractivity contribution is 0.851. The Bertz CT molecular complexity index is 165. The third-order valence-corrected chi connectivity index (χ3v) is 12.9. The third-order valence-electron chi connectivity index (χ3n) is 3.72. The van der Waals surface area contributed by atoms with Gasteiger partial charge in [-0.3, -0.25) is 0 Å². The molecule has 0 aliphatic carbocycles. The van der Waals surface area contributed by atoms with Crippen LogP contribution in [0, 0.1) is 0 Å². The fourth-order valence-corrected chi connectivity index (χ4v) is 14.3. The molecule has 89 valence electrons. The molecule has 1 aliphatic heterocycles. The van der Waals surface area contributed by atoms with Crippen LogP contribution in [0.1, 0.15) is 39.5 Å². The summed E-state index contributed by atoms with van der Waals surface area (Å²) in [7, 11) is -1.20. The van der Waals surface area contributed by atoms with Crippen molar-refractivity contribution in [2.75, 3.05) is 0 Å². The SMILES string of the molecule is CCCC[Si]1CC[Si](Cl)(CCCC)CC1. The molecule has 1 rings (SSSR count). The van der Waals surface area contributed by atoms with Gasteiger partial charge in [0, 0.05) is 8.80 Å². The molecule has 0 bridgehead atoms. The molecule has 0 nitrogen and oxygen atoms in total. The first kappa shape index (κ1) is 13.8. The summed E-state index contributed by atoms with van der Waals surface area (Å²) in [5.41, 5.74) is 0. The van der Waals surface area contributed by atoms with E-state index in [2.05, 4.69) is 13.8 Å². The van der Waals surface area contributed by atoms with E-state index in [1.807, 2.05) is 0 Å². The van der Waals surface area contributed by atoms with Gasteiger partial charge in [-0.25, -0.2) is 0 Å². The van der Waals surface area contributed by atoms with Gasteiger partial charge < -0.3 is 0 Å². The van der Waals surface area contributed by atoms with Crippen molar-refractivity contribution in [3.63, 3.8) is 0 Å². The molecule has 0 aromatic heterocycles. The maximum absolute atomic E-state index is 6.81. The average molecular weight is 262 g/mol. The smallest absolute Gasteiger partial charge is 0.155 e. The first-order valence-electron chi connectivity index (χ1n) is 6.72. The van der Waals surface area contributed by atoms with Crippen molar-refractivity contribution in [3.05, 3.63) is 0 Å². The van der Waals surface area contributed by atoms with Crippen LogP contribution in [0.4, 0.5) is 0 Å². The van der Waals surface area contributed by atoms with Crippen LogP contribution in [0.25, 0.3) is 0 Å². The Morgan fingerprint density at radius 2 is 1.67 bits per heavy atom. The van der Waals surface area contributed by atoms with Crippen molar-refractivity contribution in [2.45, 2.75) is 75.8 Å². The average Bonchev–Trinajstić information content (AvgIpc) is 2.26. The third kappa shape index (κ3) is 5.05. The maximum atomic E-state index is 6.81. The van der Waals surface area contributed by atoms with Crippen LogP contribution in [0.15, 0.2) is 0 Å². The van der Waals surface area contributed by atoms with Crippen molar-refractivity contribution >= 4 is 27.3 Å². The topological polar surface area (TPSA) is 0 Å². The molecule has 0 aromatic carbocycles. The summed E-state index contributed by atoms with van der Waals surface area (Å²) >= 11 is 6.81. The fraction of sp³-hybridized carbons (Fsp3) is 1.00. The van der Waals surface area contributed by atoms with Gasteiger partial charge in [0.15, 0.2) is 7.38 Å². The molecule has 0 atom stereocenters. The molecule has 1 heterocycles. The van der Waals surface area contributed by atoms with E-state index in [-0.39, 0.29) is 8.80 Å². The monoisotopic (exact) mass is 261 g/mol. The summed E-state index contributed by atoms with van der Waals surface area (Å²) in [6.45, 7) is 4.60. The highest BCUT2D eigenvalue weighted by molar-refractivity contribution is 7.21. The zero-order valence-corrected chi connectivity index (χ0v) is 13.2. The van der Waals surface area contributed by atoms with Crippen molar-refractivity contribution in [1.29, 1.82) is 0 Å². The standard InChI is InChI=1S/C12H26ClSi2/c1-3-5-7-14-8-11-15(13,12-9-14)10-6-4-2/h3-12H2,1-2H3. The Kier molecular flexibility index (Phi) is 6.55. The van der Waals surface area contributed by atoms with E-state index >= 15 is 0 Å². The van der Waals surface area contributed by atoms with E-state index in [0.29, 0.717) is 0 Å². The van der Waals surface area contributed by atoms with Crippen LogP contribution >= 0.6 is 11.1 Å². The number of unbranched alkanes of at least 4 members (excludes halogenated alkanes) is 2. The molecular weight excluding hydrogens is 236 g/mol. The molecular formula is C12H26ClSi2. The summed E-state index contributed by atoms with van der Waals surface area (Å²) in [4.78, 5) is 0. The summed E-state index contributed by atoms with van der Waals surface area (Å²) in [5, 5.41) is 0. The summed E-state index contributed by atoms with van der Waals surface area (Å²) in [6, 6.07) is 8.96. The highest BCUT2D eigenvalue weighted by Crippen LogP contribution is 2.38. The molecule has 0 N–H and O–H groups in total. The highest BCUT2D eigenvalue weighted by Gasteiger charge is 2.35. The normalized spacial score (nSPS) is 21.8. The van der Waals surface area contributed by atoms with Gasteiger partial charge in [-0.15, -0.1) is 0 Å². The Labute approximate surface area is 103 Å². The lowest BCUT2D eigenvalue weighted by atomic mass is 10.4. The second-order valence-electron chi connectivity index (χ2n) is 5.11. The van der Waals surface area contributed by atoms with Gasteiger partial charge in [-0.2, -0.15) is 11.1 Å². The molecule has 0 unspecified atom stereocenters. The molecule has 0 saturated carbocycles. The molecule has 3 heteroatoms. The van der Waals surface area contributed by atoms with E-state index in [9.17, 15) is 0 Å². The summed E-state index contributed by atoms with van der Waals surface area (Å²) in [6.07, 6.45) is 5.56. The second kappa shape index (κ2) is 7.13. The number of hydrogen-bond acceptors (Lipinski definition) is 0. The highest BCUT2D eigenvalue weighted by atomic mass is 35.6. The van der Waals surface area contributed by atoms with Gasteiger partial charge in [0.25, 0.3) is 0 Å². The fourth-order valence-electron chi connectivity index (χ4n) is 2.47. The molecule has 1 radical (unpaired) electrons. The molecule has 0 aromatic rings. The molecule has 1 fully saturated rings. The first-order valence-corrected chi connectivity index (χ1v) is 12.5. The predicted molar refractivity (Wildman–Crippen MR) is 76.0 cm³/mol. The summed E-state index contributed by atoms with van der Waals surface area (Å²) in [5.74, 6) is 0. The van der Waals surface area contributed by atoms with Gasteiger partial charge in [0.1, 0.15) is 0 Å². The van der Waals surface area contributed by atoms with Crippen molar-refractivity contribution in [3.8, 4) is 0 Å². The van der Waals surface area contributed by atoms with Crippen molar-refractivity contribution in [2.24, 2.45) is 0 Å². The van der Waals surface area contributed by atoms with Gasteiger partial charge in [0.2, 0.25) is 0 Å². The van der Waals surface area contributed by atoms with Crippen LogP contribution in [-0.2, 0) is 0 Å². The van der Waals surface area contributed by atoms with Gasteiger partial charge in [-0.1, -0.05) is 57.7 Å². The lowest BCUT2D eigenvalue weighted by Crippen LogP contribution is -2.35. The quantitative estimate of drug-likeness (QED) is 0.451. The first-order chi connectivity index (χ1) is 7.20. The van der Waals surface area contributed by atoms with E-state index in [0.717, 1.165) is 0 Å². The van der Waals surface area contributed by atoms with Crippen LogP contribution in [0.3, 0.4) is 0 Å². The largest absolute Gasteiger partial charge is 0.167 e. The second-order valence-corrected chi connectivity index (χ2v) is 14.3. The summed E-state index contributed by atoms with van der Waals surface area (Å²) < 4.78 is 0. The zero-order valence-electron chi connectivity index (χ0n) is 10.4. The molecule has 1 saturated heterocycles. The molecule has 15 heavy (non-hydrogen) atoms.